The van der Waals surface area contributed by atoms with Gasteiger partial charge < -0.3 is 4.74 Å². The molecule has 1 fully saturated rings. The quantitative estimate of drug-likeness (QED) is 0.618. The zero-order valence-corrected chi connectivity index (χ0v) is 13.7. The van der Waals surface area contributed by atoms with Crippen molar-refractivity contribution in [3.8, 4) is 5.88 Å². The van der Waals surface area contributed by atoms with Crippen molar-refractivity contribution >= 4 is 34.1 Å². The Labute approximate surface area is 136 Å². The van der Waals surface area contributed by atoms with Crippen molar-refractivity contribution in [1.29, 1.82) is 0 Å². The van der Waals surface area contributed by atoms with Gasteiger partial charge in [-0.05, 0) is 30.6 Å². The molecule has 0 unspecified atom stereocenters. The summed E-state index contributed by atoms with van der Waals surface area (Å²) in [7, 11) is 0. The van der Waals surface area contributed by atoms with E-state index in [4.69, 9.17) is 4.74 Å². The Bertz CT molecular complexity index is 658. The minimum absolute atomic E-state index is 0.233. The number of rotatable bonds is 7. The lowest BCUT2D eigenvalue weighted by Crippen LogP contribution is -2.12. The summed E-state index contributed by atoms with van der Waals surface area (Å²) in [4.78, 5) is 16.3. The standard InChI is InChI=1S/C14H16N4O2S2/c1-2-21-14-18-17-13(22-14)16-12(19)10-5-6-15-11(7-10)20-8-9-3-4-9/h5-7,9H,2-4,8H2,1H3,(H,16,17,19). The molecule has 0 atom stereocenters. The summed E-state index contributed by atoms with van der Waals surface area (Å²) in [6, 6.07) is 3.31. The van der Waals surface area contributed by atoms with E-state index in [1.807, 2.05) is 6.92 Å². The number of pyridine rings is 1. The molecule has 1 saturated carbocycles. The fraction of sp³-hybridized carbons (Fsp3) is 0.429. The van der Waals surface area contributed by atoms with Crippen molar-refractivity contribution in [3.63, 3.8) is 0 Å². The van der Waals surface area contributed by atoms with Gasteiger partial charge in [-0.15, -0.1) is 10.2 Å². The molecule has 1 N–H and O–H groups in total. The van der Waals surface area contributed by atoms with Crippen molar-refractivity contribution in [2.75, 3.05) is 17.7 Å². The summed E-state index contributed by atoms with van der Waals surface area (Å²) in [6.45, 7) is 2.72. The van der Waals surface area contributed by atoms with Crippen LogP contribution in [0.3, 0.4) is 0 Å². The first-order chi connectivity index (χ1) is 10.7. The van der Waals surface area contributed by atoms with Gasteiger partial charge in [-0.25, -0.2) is 4.98 Å². The van der Waals surface area contributed by atoms with E-state index in [-0.39, 0.29) is 5.91 Å². The number of hydrogen-bond acceptors (Lipinski definition) is 7. The smallest absolute Gasteiger partial charge is 0.257 e. The molecule has 3 rings (SSSR count). The monoisotopic (exact) mass is 336 g/mol. The van der Waals surface area contributed by atoms with Crippen LogP contribution in [-0.2, 0) is 0 Å². The molecule has 2 heterocycles. The van der Waals surface area contributed by atoms with Crippen LogP contribution in [0.15, 0.2) is 22.7 Å². The van der Waals surface area contributed by atoms with Crippen molar-refractivity contribution in [2.45, 2.75) is 24.1 Å². The van der Waals surface area contributed by atoms with Crippen molar-refractivity contribution in [3.05, 3.63) is 23.9 Å². The van der Waals surface area contributed by atoms with Crippen LogP contribution in [0.4, 0.5) is 5.13 Å². The van der Waals surface area contributed by atoms with Crippen LogP contribution in [0.25, 0.3) is 0 Å². The maximum absolute atomic E-state index is 12.2. The molecule has 116 valence electrons. The normalized spacial score (nSPS) is 13.9. The van der Waals surface area contributed by atoms with E-state index in [2.05, 4.69) is 20.5 Å². The van der Waals surface area contributed by atoms with Gasteiger partial charge in [0.1, 0.15) is 0 Å². The van der Waals surface area contributed by atoms with Crippen LogP contribution in [-0.4, -0.2) is 33.4 Å². The van der Waals surface area contributed by atoms with Gasteiger partial charge in [0, 0.05) is 17.8 Å². The Morgan fingerprint density at radius 1 is 1.50 bits per heavy atom. The highest BCUT2D eigenvalue weighted by Crippen LogP contribution is 2.29. The van der Waals surface area contributed by atoms with E-state index >= 15 is 0 Å². The predicted octanol–water partition coefficient (Wildman–Crippen LogP) is 3.09. The lowest BCUT2D eigenvalue weighted by atomic mass is 10.2. The number of amides is 1. The zero-order valence-electron chi connectivity index (χ0n) is 12.1. The van der Waals surface area contributed by atoms with Crippen LogP contribution < -0.4 is 10.1 Å². The number of ether oxygens (including phenoxy) is 1. The van der Waals surface area contributed by atoms with Gasteiger partial charge >= 0.3 is 0 Å². The highest BCUT2D eigenvalue weighted by Gasteiger charge is 2.22. The minimum atomic E-state index is -0.233. The van der Waals surface area contributed by atoms with Gasteiger partial charge in [0.05, 0.1) is 6.61 Å². The molecule has 0 bridgehead atoms. The van der Waals surface area contributed by atoms with Gasteiger partial charge in [0.2, 0.25) is 11.0 Å². The van der Waals surface area contributed by atoms with E-state index in [0.29, 0.717) is 29.1 Å². The highest BCUT2D eigenvalue weighted by molar-refractivity contribution is 8.01. The summed E-state index contributed by atoms with van der Waals surface area (Å²) >= 11 is 2.97. The van der Waals surface area contributed by atoms with Crippen molar-refractivity contribution < 1.29 is 9.53 Å². The predicted molar refractivity (Wildman–Crippen MR) is 86.7 cm³/mol. The number of nitrogens with zero attached hydrogens (tertiary/aromatic N) is 3. The largest absolute Gasteiger partial charge is 0.477 e. The Morgan fingerprint density at radius 2 is 2.36 bits per heavy atom. The molecule has 22 heavy (non-hydrogen) atoms. The molecular formula is C14H16N4O2S2. The number of carbonyl (C=O) groups is 1. The molecule has 1 aliphatic carbocycles. The average molecular weight is 336 g/mol. The fourth-order valence-electron chi connectivity index (χ4n) is 1.73. The topological polar surface area (TPSA) is 77.0 Å². The van der Waals surface area contributed by atoms with Gasteiger partial charge in [-0.2, -0.15) is 0 Å². The molecule has 0 radical (unpaired) electrons. The molecule has 2 aromatic heterocycles. The molecule has 6 nitrogen and oxygen atoms in total. The van der Waals surface area contributed by atoms with Crippen LogP contribution in [0.1, 0.15) is 30.1 Å². The molecule has 0 spiro atoms. The third-order valence-electron chi connectivity index (χ3n) is 3.06. The highest BCUT2D eigenvalue weighted by atomic mass is 32.2. The second kappa shape index (κ2) is 7.06. The number of aromatic nitrogens is 3. The first kappa shape index (κ1) is 15.2. The number of thioether (sulfide) groups is 1. The molecular weight excluding hydrogens is 320 g/mol. The Kier molecular flexibility index (Phi) is 4.89. The molecule has 2 aromatic rings. The Hall–Kier alpha value is -1.67. The molecule has 1 amide bonds. The van der Waals surface area contributed by atoms with Crippen LogP contribution in [0, 0.1) is 5.92 Å². The zero-order chi connectivity index (χ0) is 15.4. The summed E-state index contributed by atoms with van der Waals surface area (Å²) in [5.74, 6) is 1.83. The molecule has 1 aliphatic rings. The first-order valence-corrected chi connectivity index (χ1v) is 8.91. The lowest BCUT2D eigenvalue weighted by Gasteiger charge is -2.06. The van der Waals surface area contributed by atoms with Gasteiger partial charge in [0.25, 0.3) is 5.91 Å². The molecule has 0 aromatic carbocycles. The van der Waals surface area contributed by atoms with E-state index in [1.165, 1.54) is 24.2 Å². The van der Waals surface area contributed by atoms with Gasteiger partial charge in [-0.3, -0.25) is 10.1 Å². The second-order valence-electron chi connectivity index (χ2n) is 4.90. The number of anilines is 1. The SMILES string of the molecule is CCSc1nnc(NC(=O)c2ccnc(OCC3CC3)c2)s1. The van der Waals surface area contributed by atoms with E-state index in [0.717, 1.165) is 10.1 Å². The van der Waals surface area contributed by atoms with Gasteiger partial charge in [-0.1, -0.05) is 30.0 Å². The second-order valence-corrected chi connectivity index (χ2v) is 7.39. The van der Waals surface area contributed by atoms with Crippen molar-refractivity contribution in [2.24, 2.45) is 5.92 Å². The summed E-state index contributed by atoms with van der Waals surface area (Å²) in [5.41, 5.74) is 0.501. The average Bonchev–Trinajstić information content (AvgIpc) is 3.26. The van der Waals surface area contributed by atoms with Crippen LogP contribution in [0.5, 0.6) is 5.88 Å². The number of hydrogen-bond donors (Lipinski definition) is 1. The van der Waals surface area contributed by atoms with Crippen LogP contribution in [0.2, 0.25) is 0 Å². The number of carbonyl (C=O) groups excluding carboxylic acids is 1. The van der Waals surface area contributed by atoms with E-state index in [9.17, 15) is 4.79 Å². The maximum atomic E-state index is 12.2. The van der Waals surface area contributed by atoms with E-state index < -0.39 is 0 Å². The molecule has 8 heteroatoms. The lowest BCUT2D eigenvalue weighted by molar-refractivity contribution is 0.102. The summed E-state index contributed by atoms with van der Waals surface area (Å²) in [6.07, 6.45) is 4.01. The van der Waals surface area contributed by atoms with Gasteiger partial charge in [0.15, 0.2) is 4.34 Å². The van der Waals surface area contributed by atoms with E-state index in [1.54, 1.807) is 30.1 Å². The Morgan fingerprint density at radius 3 is 3.14 bits per heavy atom. The maximum Gasteiger partial charge on any atom is 0.257 e. The molecule has 0 aliphatic heterocycles. The number of nitrogens with one attached hydrogen (secondary N) is 1. The summed E-state index contributed by atoms with van der Waals surface area (Å²) < 4.78 is 6.44. The first-order valence-electron chi connectivity index (χ1n) is 7.11. The third kappa shape index (κ3) is 4.17. The van der Waals surface area contributed by atoms with Crippen molar-refractivity contribution in [1.82, 2.24) is 15.2 Å². The third-order valence-corrected chi connectivity index (χ3v) is 4.91. The summed E-state index contributed by atoms with van der Waals surface area (Å²) in [5, 5.41) is 11.2. The minimum Gasteiger partial charge on any atom is -0.477 e. The van der Waals surface area contributed by atoms with Crippen LogP contribution >= 0.6 is 23.1 Å². The fourth-order valence-corrected chi connectivity index (χ4v) is 3.37. The Balaban J connectivity index is 1.61. The molecule has 0 saturated heterocycles.